The van der Waals surface area contributed by atoms with Gasteiger partial charge in [-0.1, -0.05) is 0 Å². The number of halogens is 6. The van der Waals surface area contributed by atoms with E-state index in [1.165, 1.54) is 6.07 Å². The van der Waals surface area contributed by atoms with E-state index >= 15 is 0 Å². The lowest BCUT2D eigenvalue weighted by Gasteiger charge is -2.04. The van der Waals surface area contributed by atoms with Gasteiger partial charge in [0.05, 0.1) is 0 Å². The smallest absolute Gasteiger partial charge is 0.195 e. The molecule has 2 aromatic rings. The molecule has 0 N–H and O–H groups in total. The lowest BCUT2D eigenvalue weighted by Crippen LogP contribution is -1.99. The Morgan fingerprint density at radius 3 is 2.00 bits per heavy atom. The van der Waals surface area contributed by atoms with Gasteiger partial charge in [0.25, 0.3) is 0 Å². The molecule has 83 valence electrons. The zero-order valence-corrected chi connectivity index (χ0v) is 7.35. The van der Waals surface area contributed by atoms with Crippen LogP contribution in [0.3, 0.4) is 0 Å². The van der Waals surface area contributed by atoms with E-state index in [-0.39, 0.29) is 6.07 Å². The van der Waals surface area contributed by atoms with Crippen LogP contribution in [0.1, 0.15) is 0 Å². The molecule has 0 aromatic heterocycles. The molecule has 1 radical (unpaired) electrons. The van der Waals surface area contributed by atoms with Gasteiger partial charge in [-0.15, -0.1) is 0 Å². The van der Waals surface area contributed by atoms with E-state index in [2.05, 4.69) is 0 Å². The maximum absolute atomic E-state index is 13.1. The van der Waals surface area contributed by atoms with E-state index in [1.807, 2.05) is 0 Å². The van der Waals surface area contributed by atoms with Gasteiger partial charge < -0.3 is 0 Å². The Kier molecular flexibility index (Phi) is 2.29. The fourth-order valence-corrected chi connectivity index (χ4v) is 1.27. The van der Waals surface area contributed by atoms with Crippen LogP contribution in [0.5, 0.6) is 0 Å². The molecule has 16 heavy (non-hydrogen) atoms. The van der Waals surface area contributed by atoms with Gasteiger partial charge in [0.2, 0.25) is 0 Å². The van der Waals surface area contributed by atoms with Crippen LogP contribution < -0.4 is 0 Å². The number of benzene rings is 2. The highest BCUT2D eigenvalue weighted by atomic mass is 19.2. The van der Waals surface area contributed by atoms with Gasteiger partial charge in [-0.3, -0.25) is 0 Å². The lowest BCUT2D eigenvalue weighted by atomic mass is 10.1. The molecule has 0 aliphatic carbocycles. The molecule has 2 rings (SSSR count). The van der Waals surface area contributed by atoms with Gasteiger partial charge in [-0.05, 0) is 6.07 Å². The Balaban J connectivity index is 3.02. The van der Waals surface area contributed by atoms with Crippen LogP contribution >= 0.6 is 0 Å². The predicted octanol–water partition coefficient (Wildman–Crippen LogP) is 3.47. The zero-order chi connectivity index (χ0) is 12.0. The Hall–Kier alpha value is -1.72. The Bertz CT molecular complexity index is 537. The molecule has 0 amide bonds. The number of fused-ring (bicyclic) bond motifs is 1. The maximum atomic E-state index is 13.1. The van der Waals surface area contributed by atoms with Crippen molar-refractivity contribution in [1.82, 2.24) is 0 Å². The molecule has 0 saturated heterocycles. The van der Waals surface area contributed by atoms with Crippen LogP contribution in [0.4, 0.5) is 26.3 Å². The first-order chi connectivity index (χ1) is 7.43. The molecule has 0 spiro atoms. The molecule has 0 fully saturated rings. The van der Waals surface area contributed by atoms with Crippen LogP contribution in [0.15, 0.2) is 6.07 Å². The van der Waals surface area contributed by atoms with E-state index in [4.69, 9.17) is 0 Å². The van der Waals surface area contributed by atoms with Crippen molar-refractivity contribution < 1.29 is 26.3 Å². The van der Waals surface area contributed by atoms with E-state index in [0.29, 0.717) is 0 Å². The molecule has 0 atom stereocenters. The van der Waals surface area contributed by atoms with Crippen molar-refractivity contribution in [3.05, 3.63) is 47.0 Å². The van der Waals surface area contributed by atoms with Gasteiger partial charge in [0, 0.05) is 16.8 Å². The van der Waals surface area contributed by atoms with E-state index in [9.17, 15) is 26.3 Å². The Labute approximate surface area is 85.1 Å². The van der Waals surface area contributed by atoms with Crippen molar-refractivity contribution in [2.45, 2.75) is 0 Å². The van der Waals surface area contributed by atoms with Crippen molar-refractivity contribution in [2.75, 3.05) is 0 Å². The highest BCUT2D eigenvalue weighted by Crippen LogP contribution is 2.27. The second kappa shape index (κ2) is 3.40. The van der Waals surface area contributed by atoms with Crippen molar-refractivity contribution in [1.29, 1.82) is 0 Å². The minimum Gasteiger partial charge on any atom is -0.204 e. The molecule has 0 heterocycles. The molecular formula is C10HF6. The number of hydrogen-bond donors (Lipinski definition) is 0. The Morgan fingerprint density at radius 2 is 1.38 bits per heavy atom. The minimum atomic E-state index is -1.92. The minimum absolute atomic E-state index is 0.238. The van der Waals surface area contributed by atoms with Crippen molar-refractivity contribution in [3.63, 3.8) is 0 Å². The average Bonchev–Trinajstić information content (AvgIpc) is 2.25. The van der Waals surface area contributed by atoms with Crippen LogP contribution in [0.2, 0.25) is 0 Å². The summed E-state index contributed by atoms with van der Waals surface area (Å²) in [5.41, 5.74) is 0. The van der Waals surface area contributed by atoms with E-state index < -0.39 is 45.7 Å². The summed E-state index contributed by atoms with van der Waals surface area (Å²) < 4.78 is 76.9. The largest absolute Gasteiger partial charge is 0.204 e. The quantitative estimate of drug-likeness (QED) is 0.484. The summed E-state index contributed by atoms with van der Waals surface area (Å²) in [5, 5.41) is -1.88. The number of hydrogen-bond acceptors (Lipinski definition) is 0. The first-order valence-electron chi connectivity index (χ1n) is 3.96. The van der Waals surface area contributed by atoms with Crippen LogP contribution in [0.25, 0.3) is 10.8 Å². The van der Waals surface area contributed by atoms with Crippen molar-refractivity contribution in [3.8, 4) is 0 Å². The molecule has 0 bridgehead atoms. The van der Waals surface area contributed by atoms with Crippen molar-refractivity contribution >= 4 is 10.8 Å². The predicted molar refractivity (Wildman–Crippen MR) is 42.5 cm³/mol. The maximum Gasteiger partial charge on any atom is 0.195 e. The third-order valence-electron chi connectivity index (χ3n) is 2.02. The fraction of sp³-hybridized carbons (Fsp3) is 0. The molecule has 2 aromatic carbocycles. The molecule has 0 saturated carbocycles. The fourth-order valence-electron chi connectivity index (χ4n) is 1.27. The second-order valence-corrected chi connectivity index (χ2v) is 2.98. The number of rotatable bonds is 0. The molecular weight excluding hydrogens is 234 g/mol. The van der Waals surface area contributed by atoms with E-state index in [0.717, 1.165) is 0 Å². The lowest BCUT2D eigenvalue weighted by molar-refractivity contribution is 0.440. The van der Waals surface area contributed by atoms with Crippen LogP contribution in [-0.4, -0.2) is 0 Å². The third-order valence-corrected chi connectivity index (χ3v) is 2.02. The SMILES string of the molecule is Fc1[c]c2c(F)c(F)c(F)cc2c(F)c1F. The first kappa shape index (κ1) is 10.8. The second-order valence-electron chi connectivity index (χ2n) is 2.98. The first-order valence-corrected chi connectivity index (χ1v) is 3.96. The molecule has 6 heteroatoms. The monoisotopic (exact) mass is 235 g/mol. The summed E-state index contributed by atoms with van der Waals surface area (Å²) in [6.45, 7) is 0. The van der Waals surface area contributed by atoms with Crippen LogP contribution in [0, 0.1) is 41.0 Å². The summed E-state index contributed by atoms with van der Waals surface area (Å²) >= 11 is 0. The summed E-state index contributed by atoms with van der Waals surface area (Å²) in [5.74, 6) is -10.9. The van der Waals surface area contributed by atoms with Gasteiger partial charge in [0.15, 0.2) is 34.9 Å². The third kappa shape index (κ3) is 1.33. The average molecular weight is 235 g/mol. The summed E-state index contributed by atoms with van der Waals surface area (Å²) in [7, 11) is 0. The molecule has 0 aliphatic heterocycles. The Morgan fingerprint density at radius 1 is 0.750 bits per heavy atom. The van der Waals surface area contributed by atoms with Gasteiger partial charge in [-0.25, -0.2) is 26.3 Å². The van der Waals surface area contributed by atoms with E-state index in [1.54, 1.807) is 0 Å². The molecule has 0 unspecified atom stereocenters. The normalized spacial score (nSPS) is 11.1. The van der Waals surface area contributed by atoms with Gasteiger partial charge in [-0.2, -0.15) is 0 Å². The highest BCUT2D eigenvalue weighted by molar-refractivity contribution is 5.83. The van der Waals surface area contributed by atoms with Gasteiger partial charge in [0.1, 0.15) is 0 Å². The highest BCUT2D eigenvalue weighted by Gasteiger charge is 2.21. The standard InChI is InChI=1S/C10HF6/c11-5-1-3-4(8(14)9(5)15)2-6(12)10(16)7(3)13/h1H. The zero-order valence-electron chi connectivity index (χ0n) is 7.35. The van der Waals surface area contributed by atoms with Crippen LogP contribution in [-0.2, 0) is 0 Å². The van der Waals surface area contributed by atoms with Crippen molar-refractivity contribution in [2.24, 2.45) is 0 Å². The summed E-state index contributed by atoms with van der Waals surface area (Å²) in [4.78, 5) is 0. The van der Waals surface area contributed by atoms with Gasteiger partial charge >= 0.3 is 0 Å². The summed E-state index contributed by atoms with van der Waals surface area (Å²) in [6, 6.07) is 1.71. The molecule has 0 aliphatic rings. The summed E-state index contributed by atoms with van der Waals surface area (Å²) in [6.07, 6.45) is 0. The molecule has 0 nitrogen and oxygen atoms in total. The topological polar surface area (TPSA) is 0 Å².